The van der Waals surface area contributed by atoms with Crippen molar-refractivity contribution in [1.29, 1.82) is 0 Å². The first-order chi connectivity index (χ1) is 9.74. The Balaban J connectivity index is 1.87. The molecule has 0 aliphatic carbocycles. The highest BCUT2D eigenvalue weighted by Gasteiger charge is 1.86. The normalized spacial score (nSPS) is 11.9. The lowest BCUT2D eigenvalue weighted by atomic mass is 10.2. The van der Waals surface area contributed by atoms with Gasteiger partial charge in [0.2, 0.25) is 0 Å². The first kappa shape index (κ1) is 15.0. The zero-order chi connectivity index (χ0) is 14.2. The second-order valence-corrected chi connectivity index (χ2v) is 6.04. The minimum Gasteiger partial charge on any atom is -0.0622 e. The standard InChI is InChI=1S/C18H14Br2/c19-17-11-7-15(8-12-17)5-3-1-2-4-6-16-9-13-18(20)14-10-16/h1-14H/b2-1+,5-3+,6-4+. The van der Waals surface area contributed by atoms with Crippen molar-refractivity contribution in [1.82, 2.24) is 0 Å². The minimum absolute atomic E-state index is 1.10. The second kappa shape index (κ2) is 8.03. The molecule has 0 aromatic heterocycles. The molecule has 2 rings (SSSR count). The van der Waals surface area contributed by atoms with Crippen LogP contribution >= 0.6 is 31.9 Å². The topological polar surface area (TPSA) is 0 Å². The van der Waals surface area contributed by atoms with Crippen LogP contribution in [0.4, 0.5) is 0 Å². The molecule has 100 valence electrons. The fourth-order valence-corrected chi connectivity index (χ4v) is 2.14. The van der Waals surface area contributed by atoms with E-state index in [1.807, 2.05) is 48.6 Å². The number of hydrogen-bond acceptors (Lipinski definition) is 0. The van der Waals surface area contributed by atoms with E-state index >= 15 is 0 Å². The Morgan fingerprint density at radius 1 is 0.500 bits per heavy atom. The molecule has 0 amide bonds. The maximum Gasteiger partial charge on any atom is 0.0175 e. The number of rotatable bonds is 4. The average Bonchev–Trinajstić information content (AvgIpc) is 2.46. The molecule has 0 nitrogen and oxygen atoms in total. The van der Waals surface area contributed by atoms with E-state index in [4.69, 9.17) is 0 Å². The molecule has 0 spiro atoms. The molecule has 0 saturated carbocycles. The van der Waals surface area contributed by atoms with Gasteiger partial charge in [-0.2, -0.15) is 0 Å². The summed E-state index contributed by atoms with van der Waals surface area (Å²) in [6.07, 6.45) is 12.3. The van der Waals surface area contributed by atoms with E-state index in [-0.39, 0.29) is 0 Å². The van der Waals surface area contributed by atoms with Crippen LogP contribution in [0, 0.1) is 0 Å². The summed E-state index contributed by atoms with van der Waals surface area (Å²) < 4.78 is 2.20. The molecule has 2 heteroatoms. The Hall–Kier alpha value is -1.38. The molecule has 0 bridgehead atoms. The third-order valence-corrected chi connectivity index (χ3v) is 3.71. The van der Waals surface area contributed by atoms with Crippen LogP contribution in [0.15, 0.2) is 81.8 Å². The van der Waals surface area contributed by atoms with Gasteiger partial charge in [-0.1, -0.05) is 92.6 Å². The van der Waals surface area contributed by atoms with Gasteiger partial charge in [0, 0.05) is 8.95 Å². The molecule has 0 atom stereocenters. The monoisotopic (exact) mass is 388 g/mol. The molecule has 20 heavy (non-hydrogen) atoms. The zero-order valence-corrected chi connectivity index (χ0v) is 14.0. The summed E-state index contributed by atoms with van der Waals surface area (Å²) in [5, 5.41) is 0. The molecule has 2 aromatic carbocycles. The predicted molar refractivity (Wildman–Crippen MR) is 95.5 cm³/mol. The smallest absolute Gasteiger partial charge is 0.0175 e. The van der Waals surface area contributed by atoms with Gasteiger partial charge < -0.3 is 0 Å². The fraction of sp³-hybridized carbons (Fsp3) is 0. The summed E-state index contributed by atoms with van der Waals surface area (Å²) in [5.74, 6) is 0. The third kappa shape index (κ3) is 5.32. The number of halogens is 2. The van der Waals surface area contributed by atoms with Crippen LogP contribution in [0.3, 0.4) is 0 Å². The van der Waals surface area contributed by atoms with Crippen LogP contribution in [0.2, 0.25) is 0 Å². The molecule has 0 N–H and O–H groups in total. The first-order valence-corrected chi connectivity index (χ1v) is 7.85. The second-order valence-electron chi connectivity index (χ2n) is 4.21. The summed E-state index contributed by atoms with van der Waals surface area (Å²) in [4.78, 5) is 0. The van der Waals surface area contributed by atoms with Crippen molar-refractivity contribution in [3.63, 3.8) is 0 Å². The Kier molecular flexibility index (Phi) is 6.03. The van der Waals surface area contributed by atoms with Gasteiger partial charge in [0.05, 0.1) is 0 Å². The van der Waals surface area contributed by atoms with Crippen LogP contribution < -0.4 is 0 Å². The Labute approximate surface area is 136 Å². The van der Waals surface area contributed by atoms with Crippen LogP contribution in [-0.4, -0.2) is 0 Å². The number of allylic oxidation sites excluding steroid dienone is 4. The van der Waals surface area contributed by atoms with Gasteiger partial charge in [0.15, 0.2) is 0 Å². The molecule has 0 aliphatic rings. The molecule has 0 unspecified atom stereocenters. The van der Waals surface area contributed by atoms with Crippen LogP contribution in [0.5, 0.6) is 0 Å². The lowest BCUT2D eigenvalue weighted by Crippen LogP contribution is -1.70. The van der Waals surface area contributed by atoms with Crippen molar-refractivity contribution in [2.75, 3.05) is 0 Å². The van der Waals surface area contributed by atoms with Gasteiger partial charge in [-0.15, -0.1) is 0 Å². The van der Waals surface area contributed by atoms with Gasteiger partial charge in [-0.25, -0.2) is 0 Å². The van der Waals surface area contributed by atoms with E-state index in [2.05, 4.69) is 68.3 Å². The van der Waals surface area contributed by atoms with Crippen molar-refractivity contribution in [2.45, 2.75) is 0 Å². The molecule has 0 fully saturated rings. The number of benzene rings is 2. The molecule has 0 saturated heterocycles. The highest BCUT2D eigenvalue weighted by Crippen LogP contribution is 2.12. The van der Waals surface area contributed by atoms with E-state index in [1.165, 1.54) is 11.1 Å². The van der Waals surface area contributed by atoms with Crippen molar-refractivity contribution >= 4 is 44.0 Å². The van der Waals surface area contributed by atoms with E-state index in [1.54, 1.807) is 0 Å². The molecular formula is C18H14Br2. The van der Waals surface area contributed by atoms with E-state index in [0.717, 1.165) is 8.95 Å². The van der Waals surface area contributed by atoms with Gasteiger partial charge in [0.25, 0.3) is 0 Å². The SMILES string of the molecule is Brc1ccc(/C=C/C=C/C=C/c2ccc(Br)cc2)cc1. The van der Waals surface area contributed by atoms with E-state index in [0.29, 0.717) is 0 Å². The highest BCUT2D eigenvalue weighted by atomic mass is 79.9. The largest absolute Gasteiger partial charge is 0.0622 e. The van der Waals surface area contributed by atoms with E-state index < -0.39 is 0 Å². The lowest BCUT2D eigenvalue weighted by Gasteiger charge is -1.92. The van der Waals surface area contributed by atoms with Crippen molar-refractivity contribution in [2.24, 2.45) is 0 Å². The summed E-state index contributed by atoms with van der Waals surface area (Å²) in [6, 6.07) is 16.5. The fourth-order valence-electron chi connectivity index (χ4n) is 1.61. The third-order valence-electron chi connectivity index (χ3n) is 2.65. The summed E-state index contributed by atoms with van der Waals surface area (Å²) >= 11 is 6.85. The Morgan fingerprint density at radius 3 is 1.20 bits per heavy atom. The average molecular weight is 390 g/mol. The summed E-state index contributed by atoms with van der Waals surface area (Å²) in [7, 11) is 0. The van der Waals surface area contributed by atoms with Gasteiger partial charge >= 0.3 is 0 Å². The predicted octanol–water partition coefficient (Wildman–Crippen LogP) is 6.49. The molecular weight excluding hydrogens is 376 g/mol. The first-order valence-electron chi connectivity index (χ1n) is 6.26. The molecule has 0 heterocycles. The lowest BCUT2D eigenvalue weighted by molar-refractivity contribution is 1.61. The highest BCUT2D eigenvalue weighted by molar-refractivity contribution is 9.10. The van der Waals surface area contributed by atoms with Crippen molar-refractivity contribution < 1.29 is 0 Å². The van der Waals surface area contributed by atoms with Crippen molar-refractivity contribution in [3.8, 4) is 0 Å². The minimum atomic E-state index is 1.10. The van der Waals surface area contributed by atoms with E-state index in [9.17, 15) is 0 Å². The Bertz CT molecular complexity index is 560. The quantitative estimate of drug-likeness (QED) is 0.524. The Morgan fingerprint density at radius 2 is 0.850 bits per heavy atom. The van der Waals surface area contributed by atoms with Crippen LogP contribution in [-0.2, 0) is 0 Å². The molecule has 2 aromatic rings. The maximum absolute atomic E-state index is 3.42. The van der Waals surface area contributed by atoms with Crippen molar-refractivity contribution in [3.05, 3.63) is 92.9 Å². The van der Waals surface area contributed by atoms with Gasteiger partial charge in [-0.3, -0.25) is 0 Å². The number of hydrogen-bond donors (Lipinski definition) is 0. The van der Waals surface area contributed by atoms with Gasteiger partial charge in [-0.05, 0) is 35.4 Å². The van der Waals surface area contributed by atoms with Gasteiger partial charge in [0.1, 0.15) is 0 Å². The molecule has 0 radical (unpaired) electrons. The summed E-state index contributed by atoms with van der Waals surface area (Å²) in [6.45, 7) is 0. The maximum atomic E-state index is 3.42. The van der Waals surface area contributed by atoms with Crippen LogP contribution in [0.1, 0.15) is 11.1 Å². The van der Waals surface area contributed by atoms with Crippen LogP contribution in [0.25, 0.3) is 12.2 Å². The summed E-state index contributed by atoms with van der Waals surface area (Å²) in [5.41, 5.74) is 2.38. The molecule has 0 aliphatic heterocycles. The zero-order valence-electron chi connectivity index (χ0n) is 10.8.